The van der Waals surface area contributed by atoms with Gasteiger partial charge in [-0.3, -0.25) is 4.79 Å². The number of aromatic nitrogens is 3. The van der Waals surface area contributed by atoms with E-state index in [2.05, 4.69) is 37.4 Å². The predicted molar refractivity (Wildman–Crippen MR) is 124 cm³/mol. The quantitative estimate of drug-likeness (QED) is 0.461. The Labute approximate surface area is 184 Å². The van der Waals surface area contributed by atoms with Crippen molar-refractivity contribution in [1.82, 2.24) is 14.8 Å². The van der Waals surface area contributed by atoms with Crippen LogP contribution in [0.4, 0.5) is 5.82 Å². The van der Waals surface area contributed by atoms with Crippen LogP contribution >= 0.6 is 11.3 Å². The molecule has 0 aliphatic carbocycles. The van der Waals surface area contributed by atoms with Gasteiger partial charge in [0, 0.05) is 17.9 Å². The van der Waals surface area contributed by atoms with E-state index in [1.54, 1.807) is 16.0 Å². The van der Waals surface area contributed by atoms with Crippen LogP contribution < -0.4 is 10.1 Å². The highest BCUT2D eigenvalue weighted by Crippen LogP contribution is 2.41. The van der Waals surface area contributed by atoms with Crippen LogP contribution in [-0.4, -0.2) is 27.3 Å². The number of anilines is 1. The highest BCUT2D eigenvalue weighted by molar-refractivity contribution is 7.20. The van der Waals surface area contributed by atoms with Crippen molar-refractivity contribution >= 4 is 33.3 Å². The van der Waals surface area contributed by atoms with Crippen LogP contribution in [0.15, 0.2) is 42.5 Å². The molecule has 1 aliphatic rings. The zero-order valence-corrected chi connectivity index (χ0v) is 18.6. The molecule has 158 valence electrons. The van der Waals surface area contributed by atoms with Gasteiger partial charge in [0.1, 0.15) is 11.6 Å². The average molecular weight is 433 g/mol. The maximum Gasteiger partial charge on any atom is 0.226 e. The number of carbonyl (C=O) groups excluding carboxylic acids is 1. The molecule has 1 N–H and O–H groups in total. The lowest BCUT2D eigenvalue weighted by Crippen LogP contribution is -2.25. The van der Waals surface area contributed by atoms with Gasteiger partial charge in [-0.2, -0.15) is 9.78 Å². The van der Waals surface area contributed by atoms with Crippen LogP contribution in [-0.2, 0) is 4.79 Å². The number of aryl methyl sites for hydroxylation is 2. The second-order valence-electron chi connectivity index (χ2n) is 7.95. The Kier molecular flexibility index (Phi) is 4.98. The third kappa shape index (κ3) is 3.59. The Bertz CT molecular complexity index is 1290. The molecule has 5 rings (SSSR count). The SMILES string of the molecule is CCCOc1cccc([C@H]2CC(=O)Nc3c2c(C)nn3-c2nc3ccc(C)cc3s2)c1. The Morgan fingerprint density at radius 2 is 2.10 bits per heavy atom. The number of thiazole rings is 1. The van der Waals surface area contributed by atoms with Gasteiger partial charge in [0.2, 0.25) is 11.0 Å². The molecule has 0 saturated carbocycles. The van der Waals surface area contributed by atoms with E-state index in [0.29, 0.717) is 13.0 Å². The Hall–Kier alpha value is -3.19. The van der Waals surface area contributed by atoms with E-state index in [4.69, 9.17) is 14.8 Å². The molecule has 0 saturated heterocycles. The van der Waals surface area contributed by atoms with Gasteiger partial charge in [-0.05, 0) is 55.7 Å². The summed E-state index contributed by atoms with van der Waals surface area (Å²) in [5, 5.41) is 8.59. The number of amides is 1. The number of ether oxygens (including phenoxy) is 1. The first-order valence-electron chi connectivity index (χ1n) is 10.5. The van der Waals surface area contributed by atoms with Gasteiger partial charge >= 0.3 is 0 Å². The average Bonchev–Trinajstić information content (AvgIpc) is 3.32. The Morgan fingerprint density at radius 1 is 1.23 bits per heavy atom. The summed E-state index contributed by atoms with van der Waals surface area (Å²) in [6.07, 6.45) is 1.34. The molecule has 1 amide bonds. The summed E-state index contributed by atoms with van der Waals surface area (Å²) in [7, 11) is 0. The third-order valence-corrected chi connectivity index (χ3v) is 6.54. The number of hydrogen-bond acceptors (Lipinski definition) is 5. The van der Waals surface area contributed by atoms with Crippen molar-refractivity contribution in [2.75, 3.05) is 11.9 Å². The summed E-state index contributed by atoms with van der Waals surface area (Å²) >= 11 is 1.58. The zero-order chi connectivity index (χ0) is 21.5. The van der Waals surface area contributed by atoms with Crippen molar-refractivity contribution in [2.24, 2.45) is 0 Å². The number of hydrogen-bond donors (Lipinski definition) is 1. The molecule has 0 bridgehead atoms. The lowest BCUT2D eigenvalue weighted by Gasteiger charge is -2.24. The fraction of sp³-hybridized carbons (Fsp3) is 0.292. The number of benzene rings is 2. The normalized spacial score (nSPS) is 15.7. The maximum atomic E-state index is 12.7. The van der Waals surface area contributed by atoms with E-state index in [9.17, 15) is 4.79 Å². The molecule has 3 heterocycles. The molecule has 1 aliphatic heterocycles. The number of fused-ring (bicyclic) bond motifs is 2. The van der Waals surface area contributed by atoms with Crippen LogP contribution in [0.1, 0.15) is 48.1 Å². The first kappa shape index (κ1) is 19.8. The molecule has 7 heteroatoms. The first-order chi connectivity index (χ1) is 15.0. The zero-order valence-electron chi connectivity index (χ0n) is 17.8. The number of rotatable bonds is 5. The summed E-state index contributed by atoms with van der Waals surface area (Å²) in [4.78, 5) is 17.4. The van der Waals surface area contributed by atoms with E-state index >= 15 is 0 Å². The molecular formula is C24H24N4O2S. The van der Waals surface area contributed by atoms with Crippen molar-refractivity contribution in [1.29, 1.82) is 0 Å². The van der Waals surface area contributed by atoms with E-state index in [-0.39, 0.29) is 11.8 Å². The lowest BCUT2D eigenvalue weighted by atomic mass is 9.86. The van der Waals surface area contributed by atoms with Crippen molar-refractivity contribution in [3.63, 3.8) is 0 Å². The summed E-state index contributed by atoms with van der Waals surface area (Å²) in [5.41, 5.74) is 5.14. The van der Waals surface area contributed by atoms with E-state index in [1.807, 2.05) is 31.2 Å². The van der Waals surface area contributed by atoms with E-state index in [0.717, 1.165) is 50.2 Å². The molecule has 2 aromatic heterocycles. The monoisotopic (exact) mass is 432 g/mol. The summed E-state index contributed by atoms with van der Waals surface area (Å²) in [6, 6.07) is 14.3. The topological polar surface area (TPSA) is 69.0 Å². The van der Waals surface area contributed by atoms with Gasteiger partial charge in [0.15, 0.2) is 0 Å². The fourth-order valence-corrected chi connectivity index (χ4v) is 5.14. The maximum absolute atomic E-state index is 12.7. The van der Waals surface area contributed by atoms with Crippen molar-refractivity contribution in [2.45, 2.75) is 39.5 Å². The van der Waals surface area contributed by atoms with Gasteiger partial charge in [-0.15, -0.1) is 0 Å². The van der Waals surface area contributed by atoms with Gasteiger partial charge < -0.3 is 10.1 Å². The fourth-order valence-electron chi connectivity index (χ4n) is 4.12. The van der Waals surface area contributed by atoms with Crippen LogP contribution in [0.2, 0.25) is 0 Å². The summed E-state index contributed by atoms with van der Waals surface area (Å²) < 4.78 is 8.71. The van der Waals surface area contributed by atoms with Gasteiger partial charge in [-0.1, -0.05) is 36.5 Å². The number of carbonyl (C=O) groups is 1. The Balaban J connectivity index is 1.59. The van der Waals surface area contributed by atoms with E-state index in [1.165, 1.54) is 5.56 Å². The van der Waals surface area contributed by atoms with Crippen molar-refractivity contribution in [3.05, 3.63) is 64.8 Å². The molecule has 6 nitrogen and oxygen atoms in total. The van der Waals surface area contributed by atoms with Crippen LogP contribution in [0.25, 0.3) is 15.3 Å². The summed E-state index contributed by atoms with van der Waals surface area (Å²) in [6.45, 7) is 6.83. The largest absolute Gasteiger partial charge is 0.494 e. The highest BCUT2D eigenvalue weighted by Gasteiger charge is 2.33. The molecule has 0 radical (unpaired) electrons. The van der Waals surface area contributed by atoms with Gasteiger partial charge in [0.05, 0.1) is 22.5 Å². The minimum Gasteiger partial charge on any atom is -0.494 e. The van der Waals surface area contributed by atoms with Crippen LogP contribution in [0.5, 0.6) is 5.75 Å². The minimum absolute atomic E-state index is 0.0181. The van der Waals surface area contributed by atoms with E-state index < -0.39 is 0 Å². The third-order valence-electron chi connectivity index (χ3n) is 5.55. The van der Waals surface area contributed by atoms with Crippen LogP contribution in [0, 0.1) is 13.8 Å². The molecule has 2 aromatic carbocycles. The summed E-state index contributed by atoms with van der Waals surface area (Å²) in [5.74, 6) is 1.46. The number of nitrogens with zero attached hydrogens (tertiary/aromatic N) is 3. The lowest BCUT2D eigenvalue weighted by molar-refractivity contribution is -0.116. The smallest absolute Gasteiger partial charge is 0.226 e. The first-order valence-corrected chi connectivity index (χ1v) is 11.3. The highest BCUT2D eigenvalue weighted by atomic mass is 32.1. The minimum atomic E-state index is -0.0701. The van der Waals surface area contributed by atoms with Gasteiger partial charge in [-0.25, -0.2) is 4.98 Å². The molecule has 0 fully saturated rings. The van der Waals surface area contributed by atoms with Crippen molar-refractivity contribution < 1.29 is 9.53 Å². The Morgan fingerprint density at radius 3 is 2.94 bits per heavy atom. The predicted octanol–water partition coefficient (Wildman–Crippen LogP) is 5.36. The standard InChI is InChI=1S/C24H24N4O2S/c1-4-10-30-17-7-5-6-16(12-17)18-13-21(29)26-23-22(18)15(3)27-28(23)24-25-19-9-8-14(2)11-20(19)31-24/h5-9,11-12,18H,4,10,13H2,1-3H3,(H,26,29)/t18-/m1/s1. The van der Waals surface area contributed by atoms with Gasteiger partial charge in [0.25, 0.3) is 0 Å². The molecule has 0 unspecified atom stereocenters. The van der Waals surface area contributed by atoms with Crippen LogP contribution in [0.3, 0.4) is 0 Å². The molecule has 4 aromatic rings. The number of nitrogens with one attached hydrogen (secondary N) is 1. The van der Waals surface area contributed by atoms with Crippen molar-refractivity contribution in [3.8, 4) is 10.9 Å². The molecule has 31 heavy (non-hydrogen) atoms. The second kappa shape index (κ2) is 7.81. The molecular weight excluding hydrogens is 408 g/mol. The molecule has 0 spiro atoms. The molecule has 1 atom stereocenters. The second-order valence-corrected chi connectivity index (χ2v) is 8.96.